The molecule has 4 rings (SSSR count). The first-order chi connectivity index (χ1) is 20.9. The Morgan fingerprint density at radius 3 is 1.95 bits per heavy atom. The third-order valence-electron chi connectivity index (χ3n) is 6.20. The average Bonchev–Trinajstić information content (AvgIpc) is 2.96. The molecule has 0 bridgehead atoms. The largest absolute Gasteiger partial charge is 0.497 e. The smallest absolute Gasteiger partial charge is 0.303 e. The molecule has 5 atom stereocenters. The average molecular weight is 615 g/mol. The highest BCUT2D eigenvalue weighted by Crippen LogP contribution is 2.32. The minimum Gasteiger partial charge on any atom is -0.497 e. The molecule has 0 amide bonds. The topological polar surface area (TPSA) is 172 Å². The second-order valence-corrected chi connectivity index (χ2v) is 9.55. The Hall–Kier alpha value is -5.11. The number of carbonyl (C=O) groups excluding carboxylic acids is 4. The summed E-state index contributed by atoms with van der Waals surface area (Å²) in [6, 6.07) is 10.9. The summed E-state index contributed by atoms with van der Waals surface area (Å²) in [4.78, 5) is 60.7. The van der Waals surface area contributed by atoms with Crippen LogP contribution in [0.3, 0.4) is 0 Å². The van der Waals surface area contributed by atoms with Gasteiger partial charge in [0.2, 0.25) is 23.6 Å². The van der Waals surface area contributed by atoms with Crippen molar-refractivity contribution < 1.29 is 61.5 Å². The second kappa shape index (κ2) is 13.9. The summed E-state index contributed by atoms with van der Waals surface area (Å²) in [6.45, 7) is 4.10. The molecule has 234 valence electrons. The zero-order valence-electron chi connectivity index (χ0n) is 24.4. The molecule has 1 saturated heterocycles. The highest BCUT2D eigenvalue weighted by atomic mass is 16.7. The molecule has 0 radical (unpaired) electrons. The van der Waals surface area contributed by atoms with E-state index in [0.29, 0.717) is 11.5 Å². The number of carbonyl (C=O) groups is 4. The summed E-state index contributed by atoms with van der Waals surface area (Å²) in [5.74, 6) is -1.92. The normalized spacial score (nSPS) is 21.1. The van der Waals surface area contributed by atoms with Crippen LogP contribution in [-0.4, -0.2) is 68.3 Å². The van der Waals surface area contributed by atoms with Crippen molar-refractivity contribution in [3.8, 4) is 23.0 Å². The molecular weight excluding hydrogens is 584 g/mol. The van der Waals surface area contributed by atoms with Gasteiger partial charge < -0.3 is 42.3 Å². The van der Waals surface area contributed by atoms with Gasteiger partial charge in [-0.15, -0.1) is 0 Å². The molecule has 0 N–H and O–H groups in total. The molecule has 0 aliphatic carbocycles. The van der Waals surface area contributed by atoms with Crippen molar-refractivity contribution in [2.75, 3.05) is 13.7 Å². The first-order valence-corrected chi connectivity index (χ1v) is 13.3. The molecule has 0 unspecified atom stereocenters. The second-order valence-electron chi connectivity index (χ2n) is 9.55. The van der Waals surface area contributed by atoms with Crippen molar-refractivity contribution in [2.45, 2.75) is 58.4 Å². The molecule has 1 aliphatic rings. The van der Waals surface area contributed by atoms with Gasteiger partial charge in [0.05, 0.1) is 12.5 Å². The lowest BCUT2D eigenvalue weighted by Crippen LogP contribution is -2.63. The molecule has 44 heavy (non-hydrogen) atoms. The minimum absolute atomic E-state index is 0.0593. The summed E-state index contributed by atoms with van der Waals surface area (Å²) >= 11 is 0. The fraction of sp³-hybridized carbons (Fsp3) is 0.367. The van der Waals surface area contributed by atoms with Gasteiger partial charge in [-0.1, -0.05) is 0 Å². The highest BCUT2D eigenvalue weighted by molar-refractivity contribution is 5.79. The van der Waals surface area contributed by atoms with E-state index in [1.54, 1.807) is 24.3 Å². The Balaban J connectivity index is 1.65. The lowest BCUT2D eigenvalue weighted by Gasteiger charge is -2.43. The van der Waals surface area contributed by atoms with Crippen LogP contribution >= 0.6 is 0 Å². The zero-order valence-corrected chi connectivity index (χ0v) is 24.4. The molecule has 2 aromatic carbocycles. The SMILES string of the molecule is COc1ccc(Oc2coc3cc(O[C@@H]4O[C@@H](COC(C)=O)[C@H](OC(C)=O)[C@@H](OC(C)=O)[C@@H]4OC(C)=O)ccc3c2=O)cc1. The number of benzene rings is 2. The first-order valence-electron chi connectivity index (χ1n) is 13.3. The molecule has 1 aromatic heterocycles. The van der Waals surface area contributed by atoms with Gasteiger partial charge in [0.25, 0.3) is 0 Å². The predicted molar refractivity (Wildman–Crippen MR) is 148 cm³/mol. The van der Waals surface area contributed by atoms with Gasteiger partial charge in [0.15, 0.2) is 12.2 Å². The van der Waals surface area contributed by atoms with Crippen LogP contribution in [0.5, 0.6) is 23.0 Å². The molecule has 0 spiro atoms. The van der Waals surface area contributed by atoms with E-state index in [4.69, 9.17) is 42.3 Å². The number of fused-ring (bicyclic) bond motifs is 1. The van der Waals surface area contributed by atoms with Gasteiger partial charge in [-0.2, -0.15) is 0 Å². The maximum atomic E-state index is 13.1. The van der Waals surface area contributed by atoms with Gasteiger partial charge in [-0.05, 0) is 36.4 Å². The number of esters is 4. The van der Waals surface area contributed by atoms with Crippen LogP contribution in [0, 0.1) is 0 Å². The lowest BCUT2D eigenvalue weighted by molar-refractivity contribution is -0.288. The number of ether oxygens (including phenoxy) is 8. The van der Waals surface area contributed by atoms with E-state index in [0.717, 1.165) is 27.0 Å². The van der Waals surface area contributed by atoms with Crippen LogP contribution in [0.2, 0.25) is 0 Å². The van der Waals surface area contributed by atoms with E-state index in [1.807, 2.05) is 0 Å². The van der Waals surface area contributed by atoms with Crippen LogP contribution in [-0.2, 0) is 42.9 Å². The van der Waals surface area contributed by atoms with Crippen molar-refractivity contribution in [2.24, 2.45) is 0 Å². The molecule has 2 heterocycles. The van der Waals surface area contributed by atoms with Crippen LogP contribution < -0.4 is 19.6 Å². The Morgan fingerprint density at radius 1 is 0.750 bits per heavy atom. The predicted octanol–water partition coefficient (Wildman–Crippen LogP) is 3.06. The van der Waals surface area contributed by atoms with Crippen LogP contribution in [0.4, 0.5) is 0 Å². The van der Waals surface area contributed by atoms with Crippen LogP contribution in [0.25, 0.3) is 11.0 Å². The lowest BCUT2D eigenvalue weighted by atomic mass is 9.98. The first kappa shape index (κ1) is 31.8. The van der Waals surface area contributed by atoms with E-state index >= 15 is 0 Å². The van der Waals surface area contributed by atoms with E-state index < -0.39 is 66.6 Å². The number of rotatable bonds is 10. The Kier molecular flexibility index (Phi) is 10.1. The quantitative estimate of drug-likeness (QED) is 0.241. The standard InChI is InChI=1S/C30H30O14/c1-15(31)37-14-25-27(39-16(2)32)28(40-17(3)33)29(41-18(4)34)30(44-25)43-21-10-11-22-23(12-21)38-13-24(26(22)35)42-20-8-6-19(36-5)7-9-20/h6-13,25,27-30H,14H2,1-5H3/t25-,27-,28+,29-,30+/m0/s1. The van der Waals surface area contributed by atoms with E-state index in [2.05, 4.69) is 0 Å². The summed E-state index contributed by atoms with van der Waals surface area (Å²) in [7, 11) is 1.53. The molecule has 14 nitrogen and oxygen atoms in total. The Bertz CT molecular complexity index is 1580. The summed E-state index contributed by atoms with van der Waals surface area (Å²) < 4.78 is 49.6. The third-order valence-corrected chi connectivity index (χ3v) is 6.20. The number of hydrogen-bond acceptors (Lipinski definition) is 14. The van der Waals surface area contributed by atoms with Crippen molar-refractivity contribution in [3.63, 3.8) is 0 Å². The summed E-state index contributed by atoms with van der Waals surface area (Å²) in [5, 5.41) is 0.171. The molecule has 3 aromatic rings. The maximum Gasteiger partial charge on any atom is 0.303 e. The van der Waals surface area contributed by atoms with Gasteiger partial charge in [-0.25, -0.2) is 0 Å². The van der Waals surface area contributed by atoms with Crippen molar-refractivity contribution >= 4 is 34.8 Å². The monoisotopic (exact) mass is 614 g/mol. The van der Waals surface area contributed by atoms with Gasteiger partial charge in [-0.3, -0.25) is 24.0 Å². The van der Waals surface area contributed by atoms with E-state index in [-0.39, 0.29) is 22.5 Å². The fourth-order valence-electron chi connectivity index (χ4n) is 4.42. The van der Waals surface area contributed by atoms with Crippen molar-refractivity contribution in [1.29, 1.82) is 0 Å². The van der Waals surface area contributed by atoms with Gasteiger partial charge in [0, 0.05) is 33.8 Å². The fourth-order valence-corrected chi connectivity index (χ4v) is 4.42. The number of hydrogen-bond donors (Lipinski definition) is 0. The minimum atomic E-state index is -1.46. The third kappa shape index (κ3) is 7.83. The summed E-state index contributed by atoms with van der Waals surface area (Å²) in [5.41, 5.74) is -0.332. The zero-order chi connectivity index (χ0) is 32.0. The van der Waals surface area contributed by atoms with Gasteiger partial charge in [0.1, 0.15) is 41.8 Å². The Morgan fingerprint density at radius 2 is 1.34 bits per heavy atom. The molecule has 0 saturated carbocycles. The summed E-state index contributed by atoms with van der Waals surface area (Å²) in [6.07, 6.45) is -5.68. The molecule has 1 aliphatic heterocycles. The molecular formula is C30H30O14. The van der Waals surface area contributed by atoms with Gasteiger partial charge >= 0.3 is 23.9 Å². The number of methoxy groups -OCH3 is 1. The van der Waals surface area contributed by atoms with E-state index in [1.165, 1.54) is 32.2 Å². The van der Waals surface area contributed by atoms with Crippen LogP contribution in [0.15, 0.2) is 57.9 Å². The van der Waals surface area contributed by atoms with Crippen molar-refractivity contribution in [3.05, 3.63) is 59.0 Å². The molecule has 1 fully saturated rings. The maximum absolute atomic E-state index is 13.1. The van der Waals surface area contributed by atoms with Crippen molar-refractivity contribution in [1.82, 2.24) is 0 Å². The van der Waals surface area contributed by atoms with E-state index in [9.17, 15) is 24.0 Å². The molecule has 14 heteroatoms. The Labute approximate surface area is 250 Å². The van der Waals surface area contributed by atoms with Crippen LogP contribution in [0.1, 0.15) is 27.7 Å². The highest BCUT2D eigenvalue weighted by Gasteiger charge is 2.53.